The van der Waals surface area contributed by atoms with Crippen LogP contribution in [0.2, 0.25) is 0 Å². The van der Waals surface area contributed by atoms with Crippen LogP contribution in [0.25, 0.3) is 0 Å². The van der Waals surface area contributed by atoms with Crippen LogP contribution >= 0.6 is 11.3 Å². The summed E-state index contributed by atoms with van der Waals surface area (Å²) >= 11 is 1.17. The van der Waals surface area contributed by atoms with Crippen molar-refractivity contribution in [1.82, 2.24) is 4.90 Å². The van der Waals surface area contributed by atoms with Crippen LogP contribution in [0, 0.1) is 0 Å². The maximum atomic E-state index is 12.3. The van der Waals surface area contributed by atoms with E-state index in [2.05, 4.69) is 11.9 Å². The number of anilines is 1. The van der Waals surface area contributed by atoms with Gasteiger partial charge in [-0.2, -0.15) is 0 Å². The molecule has 116 valence electrons. The Bertz CT molecular complexity index is 648. The van der Waals surface area contributed by atoms with E-state index in [0.29, 0.717) is 16.4 Å². The Balaban J connectivity index is 2.05. The zero-order valence-electron chi connectivity index (χ0n) is 11.8. The molecule has 0 atom stereocenters. The van der Waals surface area contributed by atoms with E-state index < -0.39 is 0 Å². The zero-order chi connectivity index (χ0) is 15.9. The van der Waals surface area contributed by atoms with Gasteiger partial charge in [-0.3, -0.25) is 9.59 Å². The molecule has 0 spiro atoms. The summed E-state index contributed by atoms with van der Waals surface area (Å²) in [6.45, 7) is 4.06. The summed E-state index contributed by atoms with van der Waals surface area (Å²) in [7, 11) is 0. The summed E-state index contributed by atoms with van der Waals surface area (Å²) < 4.78 is 5.00. The molecule has 0 bridgehead atoms. The highest BCUT2D eigenvalue weighted by molar-refractivity contribution is 7.18. The Morgan fingerprint density at radius 3 is 2.86 bits per heavy atom. The molecule has 0 saturated carbocycles. The van der Waals surface area contributed by atoms with E-state index >= 15 is 0 Å². The van der Waals surface area contributed by atoms with Crippen LogP contribution in [0.3, 0.4) is 0 Å². The molecule has 0 saturated heterocycles. The standard InChI is InChI=1S/C15H16N2O4S/c1-2-7-17(8-9-18)15(20)12-5-6-13(22-12)16-14(19)11-4-3-10-21-11/h2-6,10,18H,1,7-9H2,(H,16,19). The van der Waals surface area contributed by atoms with E-state index in [1.54, 1.807) is 30.3 Å². The number of thiophene rings is 1. The van der Waals surface area contributed by atoms with Gasteiger partial charge in [-0.05, 0) is 24.3 Å². The van der Waals surface area contributed by atoms with Gasteiger partial charge >= 0.3 is 0 Å². The van der Waals surface area contributed by atoms with E-state index in [0.717, 1.165) is 0 Å². The Labute approximate surface area is 131 Å². The first-order valence-corrected chi connectivity index (χ1v) is 7.43. The summed E-state index contributed by atoms with van der Waals surface area (Å²) in [5.41, 5.74) is 0. The van der Waals surface area contributed by atoms with Crippen LogP contribution < -0.4 is 5.32 Å². The number of aliphatic hydroxyl groups is 1. The van der Waals surface area contributed by atoms with Crippen molar-refractivity contribution in [1.29, 1.82) is 0 Å². The van der Waals surface area contributed by atoms with Crippen molar-refractivity contribution in [2.75, 3.05) is 25.0 Å². The second kappa shape index (κ2) is 7.58. The van der Waals surface area contributed by atoms with Gasteiger partial charge in [0.2, 0.25) is 0 Å². The molecule has 0 fully saturated rings. The van der Waals surface area contributed by atoms with E-state index in [4.69, 9.17) is 9.52 Å². The molecular weight excluding hydrogens is 304 g/mol. The van der Waals surface area contributed by atoms with Gasteiger partial charge in [0.1, 0.15) is 0 Å². The molecule has 0 aliphatic rings. The maximum absolute atomic E-state index is 12.3. The van der Waals surface area contributed by atoms with Gasteiger partial charge in [0.05, 0.1) is 22.7 Å². The average Bonchev–Trinajstić information content (AvgIpc) is 3.17. The summed E-state index contributed by atoms with van der Waals surface area (Å²) in [6.07, 6.45) is 3.01. The number of carbonyl (C=O) groups excluding carboxylic acids is 2. The van der Waals surface area contributed by atoms with Gasteiger partial charge in [0.25, 0.3) is 11.8 Å². The fraction of sp³-hybridized carbons (Fsp3) is 0.200. The van der Waals surface area contributed by atoms with Crippen molar-refractivity contribution >= 4 is 28.2 Å². The van der Waals surface area contributed by atoms with Crippen LogP contribution in [0.15, 0.2) is 47.6 Å². The number of furan rings is 1. The van der Waals surface area contributed by atoms with Crippen LogP contribution in [0.1, 0.15) is 20.2 Å². The molecule has 2 aromatic rings. The Morgan fingerprint density at radius 2 is 2.23 bits per heavy atom. The number of rotatable bonds is 7. The Kier molecular flexibility index (Phi) is 5.51. The van der Waals surface area contributed by atoms with Gasteiger partial charge in [-0.1, -0.05) is 6.08 Å². The second-order valence-electron chi connectivity index (χ2n) is 4.36. The first kappa shape index (κ1) is 16.0. The highest BCUT2D eigenvalue weighted by atomic mass is 32.1. The van der Waals surface area contributed by atoms with E-state index in [1.807, 2.05) is 0 Å². The molecular formula is C15H16N2O4S. The first-order valence-electron chi connectivity index (χ1n) is 6.61. The van der Waals surface area contributed by atoms with Crippen LogP contribution in [0.5, 0.6) is 0 Å². The summed E-state index contributed by atoms with van der Waals surface area (Å²) in [4.78, 5) is 26.1. The third-order valence-corrected chi connectivity index (χ3v) is 3.79. The highest BCUT2D eigenvalue weighted by Crippen LogP contribution is 2.24. The van der Waals surface area contributed by atoms with Crippen molar-refractivity contribution in [2.45, 2.75) is 0 Å². The molecule has 2 N–H and O–H groups in total. The minimum Gasteiger partial charge on any atom is -0.459 e. The van der Waals surface area contributed by atoms with Crippen molar-refractivity contribution in [3.05, 3.63) is 53.8 Å². The summed E-state index contributed by atoms with van der Waals surface area (Å²) in [6, 6.07) is 6.48. The number of hydrogen-bond donors (Lipinski definition) is 2. The number of amides is 2. The number of hydrogen-bond acceptors (Lipinski definition) is 5. The average molecular weight is 320 g/mol. The number of nitrogens with zero attached hydrogens (tertiary/aromatic N) is 1. The zero-order valence-corrected chi connectivity index (χ0v) is 12.6. The lowest BCUT2D eigenvalue weighted by atomic mass is 10.3. The predicted molar refractivity (Wildman–Crippen MR) is 84.2 cm³/mol. The second-order valence-corrected chi connectivity index (χ2v) is 5.44. The quantitative estimate of drug-likeness (QED) is 0.766. The van der Waals surface area contributed by atoms with E-state index in [-0.39, 0.29) is 30.7 Å². The monoisotopic (exact) mass is 320 g/mol. The molecule has 2 aromatic heterocycles. The molecule has 7 heteroatoms. The minimum absolute atomic E-state index is 0.118. The lowest BCUT2D eigenvalue weighted by molar-refractivity contribution is 0.0747. The summed E-state index contributed by atoms with van der Waals surface area (Å²) in [5.74, 6) is -0.378. The topological polar surface area (TPSA) is 82.8 Å². The minimum atomic E-state index is -0.371. The fourth-order valence-electron chi connectivity index (χ4n) is 1.81. The van der Waals surface area contributed by atoms with Gasteiger partial charge in [-0.25, -0.2) is 0 Å². The van der Waals surface area contributed by atoms with Crippen molar-refractivity contribution in [3.8, 4) is 0 Å². The molecule has 0 aromatic carbocycles. The molecule has 22 heavy (non-hydrogen) atoms. The first-order chi connectivity index (χ1) is 10.7. The molecule has 0 aliphatic carbocycles. The Morgan fingerprint density at radius 1 is 1.41 bits per heavy atom. The van der Waals surface area contributed by atoms with Gasteiger partial charge in [0, 0.05) is 13.1 Å². The van der Waals surface area contributed by atoms with Crippen molar-refractivity contribution in [2.24, 2.45) is 0 Å². The predicted octanol–water partition coefficient (Wildman–Crippen LogP) is 2.21. The van der Waals surface area contributed by atoms with Crippen LogP contribution in [0.4, 0.5) is 5.00 Å². The lowest BCUT2D eigenvalue weighted by Crippen LogP contribution is -2.33. The van der Waals surface area contributed by atoms with Crippen LogP contribution in [-0.4, -0.2) is 41.5 Å². The summed E-state index contributed by atoms with van der Waals surface area (Å²) in [5, 5.41) is 12.2. The van der Waals surface area contributed by atoms with E-state index in [1.165, 1.54) is 22.5 Å². The molecule has 2 heterocycles. The van der Waals surface area contributed by atoms with Crippen molar-refractivity contribution in [3.63, 3.8) is 0 Å². The number of aliphatic hydroxyl groups excluding tert-OH is 1. The molecule has 0 unspecified atom stereocenters. The smallest absolute Gasteiger partial charge is 0.291 e. The van der Waals surface area contributed by atoms with Crippen LogP contribution in [-0.2, 0) is 0 Å². The number of carbonyl (C=O) groups is 2. The van der Waals surface area contributed by atoms with Gasteiger partial charge in [0.15, 0.2) is 5.76 Å². The third kappa shape index (κ3) is 3.84. The SMILES string of the molecule is C=CCN(CCO)C(=O)c1ccc(NC(=O)c2ccco2)s1. The molecule has 0 aliphatic heterocycles. The van der Waals surface area contributed by atoms with Gasteiger partial charge < -0.3 is 19.7 Å². The van der Waals surface area contributed by atoms with E-state index in [9.17, 15) is 9.59 Å². The molecule has 6 nitrogen and oxygen atoms in total. The largest absolute Gasteiger partial charge is 0.459 e. The molecule has 2 rings (SSSR count). The van der Waals surface area contributed by atoms with Crippen molar-refractivity contribution < 1.29 is 19.1 Å². The highest BCUT2D eigenvalue weighted by Gasteiger charge is 2.17. The normalized spacial score (nSPS) is 10.2. The third-order valence-electron chi connectivity index (χ3n) is 2.81. The number of nitrogens with one attached hydrogen (secondary N) is 1. The molecule has 0 radical (unpaired) electrons. The maximum Gasteiger partial charge on any atom is 0.291 e. The lowest BCUT2D eigenvalue weighted by Gasteiger charge is -2.18. The van der Waals surface area contributed by atoms with Gasteiger partial charge in [-0.15, -0.1) is 17.9 Å². The Hall–Kier alpha value is -2.38. The molecule has 2 amide bonds. The fourth-order valence-corrected chi connectivity index (χ4v) is 2.68.